The van der Waals surface area contributed by atoms with E-state index in [1.54, 1.807) is 24.3 Å². The number of nitrogens with zero attached hydrogens (tertiary/aromatic N) is 5. The number of carbonyl (C=O) groups is 2. The van der Waals surface area contributed by atoms with E-state index in [1.807, 2.05) is 59.7 Å². The fraction of sp³-hybridized carbons (Fsp3) is 0.467. The first-order chi connectivity index (χ1) is 19.3. The van der Waals surface area contributed by atoms with Gasteiger partial charge in [0.05, 0.1) is 0 Å². The number of amides is 2. The number of hydrogen-bond donors (Lipinski definition) is 2. The van der Waals surface area contributed by atoms with Crippen molar-refractivity contribution in [2.75, 3.05) is 23.7 Å². The van der Waals surface area contributed by atoms with Gasteiger partial charge in [0.15, 0.2) is 0 Å². The van der Waals surface area contributed by atoms with E-state index in [2.05, 4.69) is 35.9 Å². The molecule has 0 saturated carbocycles. The van der Waals surface area contributed by atoms with Crippen molar-refractivity contribution in [1.82, 2.24) is 25.3 Å². The number of aromatic nitrogens is 4. The molecule has 2 amide bonds. The normalized spacial score (nSPS) is 14.3. The van der Waals surface area contributed by atoms with Crippen LogP contribution in [0.2, 0.25) is 0 Å². The molecule has 0 spiro atoms. The molecule has 11 nitrogen and oxygen atoms in total. The highest BCUT2D eigenvalue weighted by Gasteiger charge is 2.20. The summed E-state index contributed by atoms with van der Waals surface area (Å²) in [6, 6.07) is 12.7. The summed E-state index contributed by atoms with van der Waals surface area (Å²) in [5, 5.41) is 22.8. The number of piperidine rings is 1. The Morgan fingerprint density at radius 1 is 0.732 bits per heavy atom. The van der Waals surface area contributed by atoms with Gasteiger partial charge in [0.2, 0.25) is 11.6 Å². The molecule has 41 heavy (non-hydrogen) atoms. The molecule has 0 aliphatic carbocycles. The molecule has 0 unspecified atom stereocenters. The van der Waals surface area contributed by atoms with Crippen LogP contribution >= 0.6 is 0 Å². The summed E-state index contributed by atoms with van der Waals surface area (Å²) in [5.74, 6) is 0.731. The molecule has 2 N–H and O–H groups in total. The van der Waals surface area contributed by atoms with Crippen LogP contribution in [-0.2, 0) is 16.0 Å². The van der Waals surface area contributed by atoms with Crippen LogP contribution in [-0.4, -0.2) is 61.8 Å². The molecule has 0 bridgehead atoms. The summed E-state index contributed by atoms with van der Waals surface area (Å²) in [5.41, 5.74) is 2.48. The second kappa shape index (κ2) is 12.6. The van der Waals surface area contributed by atoms with Crippen molar-refractivity contribution < 1.29 is 19.1 Å². The Bertz CT molecular complexity index is 1340. The Morgan fingerprint density at radius 3 is 1.80 bits per heavy atom. The zero-order valence-electron chi connectivity index (χ0n) is 24.7. The molecular formula is C30H39N7O4. The molecule has 4 rings (SSSR count). The van der Waals surface area contributed by atoms with Gasteiger partial charge < -0.3 is 9.47 Å². The fourth-order valence-corrected chi connectivity index (χ4v) is 4.34. The molecule has 1 aromatic heterocycles. The van der Waals surface area contributed by atoms with Crippen LogP contribution in [0.25, 0.3) is 22.8 Å². The number of nitrogens with one attached hydrogen (secondary N) is 2. The van der Waals surface area contributed by atoms with Crippen molar-refractivity contribution in [3.05, 3.63) is 48.0 Å². The molecule has 2 heterocycles. The van der Waals surface area contributed by atoms with Gasteiger partial charge in [-0.3, -0.25) is 15.5 Å². The smallest absolute Gasteiger partial charge is 0.412 e. The lowest BCUT2D eigenvalue weighted by Crippen LogP contribution is -2.30. The molecule has 1 aliphatic rings. The van der Waals surface area contributed by atoms with Crippen molar-refractivity contribution in [2.45, 2.75) is 78.6 Å². The summed E-state index contributed by atoms with van der Waals surface area (Å²) >= 11 is 0. The predicted octanol–water partition coefficient (Wildman–Crippen LogP) is 6.28. The average molecular weight is 562 g/mol. The lowest BCUT2D eigenvalue weighted by Gasteiger charge is -2.27. The van der Waals surface area contributed by atoms with E-state index in [1.165, 1.54) is 6.42 Å². The molecule has 11 heteroatoms. The molecule has 0 radical (unpaired) electrons. The molecule has 218 valence electrons. The Balaban J connectivity index is 1.50. The number of hydrogen-bond acceptors (Lipinski definition) is 9. The molecular weight excluding hydrogens is 522 g/mol. The summed E-state index contributed by atoms with van der Waals surface area (Å²) in [4.78, 5) is 26.9. The SMILES string of the molecule is CC(C)(C)OC(=O)Nc1ccc(-c2nnc(-c3ccc(NC(=O)OC(C)(C)C)c(CN4CCCCC4)c3)nn2)cc1. The summed E-state index contributed by atoms with van der Waals surface area (Å²) in [6.45, 7) is 13.6. The van der Waals surface area contributed by atoms with Gasteiger partial charge in [-0.05, 0) is 116 Å². The largest absolute Gasteiger partial charge is 0.444 e. The van der Waals surface area contributed by atoms with E-state index < -0.39 is 23.4 Å². The standard InChI is InChI=1S/C30H39N7O4/c1-29(2,3)40-27(38)31-23-13-10-20(11-14-23)25-33-35-26(36-34-25)21-12-15-24(32-28(39)41-30(4,5)6)22(18-21)19-37-16-8-7-9-17-37/h10-15,18H,7-9,16-17,19H2,1-6H3,(H,31,38)(H,32,39). The van der Waals surface area contributed by atoms with Crippen molar-refractivity contribution in [3.63, 3.8) is 0 Å². The number of benzene rings is 2. The van der Waals surface area contributed by atoms with E-state index in [4.69, 9.17) is 9.47 Å². The Morgan fingerprint density at radius 2 is 1.24 bits per heavy atom. The van der Waals surface area contributed by atoms with E-state index >= 15 is 0 Å². The molecule has 1 saturated heterocycles. The van der Waals surface area contributed by atoms with Gasteiger partial charge in [-0.2, -0.15) is 0 Å². The Labute approximate surface area is 241 Å². The molecule has 1 fully saturated rings. The monoisotopic (exact) mass is 561 g/mol. The van der Waals surface area contributed by atoms with Crippen LogP contribution in [0.15, 0.2) is 42.5 Å². The van der Waals surface area contributed by atoms with Crippen LogP contribution in [0, 0.1) is 0 Å². The Hall–Kier alpha value is -4.12. The van der Waals surface area contributed by atoms with Gasteiger partial charge in [0.1, 0.15) is 11.2 Å². The van der Waals surface area contributed by atoms with Crippen molar-refractivity contribution in [3.8, 4) is 22.8 Å². The maximum atomic E-state index is 12.5. The quantitative estimate of drug-likeness (QED) is 0.357. The van der Waals surface area contributed by atoms with Crippen LogP contribution in [0.1, 0.15) is 66.4 Å². The molecule has 2 aromatic carbocycles. The maximum Gasteiger partial charge on any atom is 0.412 e. The van der Waals surface area contributed by atoms with Gasteiger partial charge in [-0.15, -0.1) is 20.4 Å². The molecule has 0 atom stereocenters. The van der Waals surface area contributed by atoms with Crippen molar-refractivity contribution in [2.24, 2.45) is 0 Å². The highest BCUT2D eigenvalue weighted by atomic mass is 16.6. The number of carbonyl (C=O) groups excluding carboxylic acids is 2. The zero-order valence-corrected chi connectivity index (χ0v) is 24.7. The van der Waals surface area contributed by atoms with Gasteiger partial charge in [-0.1, -0.05) is 6.42 Å². The van der Waals surface area contributed by atoms with Crippen molar-refractivity contribution >= 4 is 23.6 Å². The number of likely N-dealkylation sites (tertiary alicyclic amines) is 1. The van der Waals surface area contributed by atoms with Crippen LogP contribution < -0.4 is 10.6 Å². The van der Waals surface area contributed by atoms with E-state index in [9.17, 15) is 9.59 Å². The third-order valence-corrected chi connectivity index (χ3v) is 6.11. The highest BCUT2D eigenvalue weighted by Crippen LogP contribution is 2.27. The minimum atomic E-state index is -0.598. The third kappa shape index (κ3) is 9.21. The first-order valence-electron chi connectivity index (χ1n) is 13.9. The summed E-state index contributed by atoms with van der Waals surface area (Å²) < 4.78 is 10.8. The lowest BCUT2D eigenvalue weighted by atomic mass is 10.1. The molecule has 1 aliphatic heterocycles. The average Bonchev–Trinajstić information content (AvgIpc) is 2.89. The fourth-order valence-electron chi connectivity index (χ4n) is 4.34. The van der Waals surface area contributed by atoms with E-state index in [0.717, 1.165) is 37.1 Å². The van der Waals surface area contributed by atoms with Crippen LogP contribution in [0.5, 0.6) is 0 Å². The van der Waals surface area contributed by atoms with Gasteiger partial charge in [0, 0.05) is 29.0 Å². The molecule has 3 aromatic rings. The van der Waals surface area contributed by atoms with Crippen LogP contribution in [0.4, 0.5) is 21.0 Å². The van der Waals surface area contributed by atoms with E-state index in [-0.39, 0.29) is 0 Å². The zero-order chi connectivity index (χ0) is 29.6. The minimum absolute atomic E-state index is 0.356. The van der Waals surface area contributed by atoms with Crippen LogP contribution in [0.3, 0.4) is 0 Å². The number of ether oxygens (including phenoxy) is 2. The van der Waals surface area contributed by atoms with E-state index in [0.29, 0.717) is 35.1 Å². The predicted molar refractivity (Wildman–Crippen MR) is 157 cm³/mol. The first-order valence-corrected chi connectivity index (χ1v) is 13.9. The maximum absolute atomic E-state index is 12.5. The second-order valence-corrected chi connectivity index (χ2v) is 12.1. The highest BCUT2D eigenvalue weighted by molar-refractivity contribution is 5.87. The van der Waals surface area contributed by atoms with Crippen molar-refractivity contribution in [1.29, 1.82) is 0 Å². The van der Waals surface area contributed by atoms with Gasteiger partial charge >= 0.3 is 12.2 Å². The summed E-state index contributed by atoms with van der Waals surface area (Å²) in [7, 11) is 0. The summed E-state index contributed by atoms with van der Waals surface area (Å²) in [6.07, 6.45) is 2.53. The third-order valence-electron chi connectivity index (χ3n) is 6.11. The minimum Gasteiger partial charge on any atom is -0.444 e. The second-order valence-electron chi connectivity index (χ2n) is 12.1. The Kier molecular flexibility index (Phi) is 9.17. The first kappa shape index (κ1) is 29.9. The number of anilines is 2. The van der Waals surface area contributed by atoms with Gasteiger partial charge in [-0.25, -0.2) is 9.59 Å². The lowest BCUT2D eigenvalue weighted by molar-refractivity contribution is 0.0624. The van der Waals surface area contributed by atoms with Gasteiger partial charge in [0.25, 0.3) is 0 Å². The number of rotatable bonds is 6. The topological polar surface area (TPSA) is 131 Å².